The molecule has 0 aliphatic rings. The van der Waals surface area contributed by atoms with Crippen molar-refractivity contribution in [2.75, 3.05) is 0 Å². The number of nitrogens with two attached hydrogens (primary N) is 1. The molecule has 0 aliphatic heterocycles. The lowest BCUT2D eigenvalue weighted by atomic mass is 10.2. The quantitative estimate of drug-likeness (QED) is 0.897. The van der Waals surface area contributed by atoms with Crippen LogP contribution in [0.5, 0.6) is 5.75 Å². The minimum atomic E-state index is -3.95. The summed E-state index contributed by atoms with van der Waals surface area (Å²) in [6.07, 6.45) is 0. The standard InChI is InChI=1S/C12H14FN3O4S/c1-7(2)12-15-11(16-20-12)6-19-10-4-3-8(5-9(10)13)21(14,17)18/h3-5,7H,6H2,1-2H3,(H2,14,17,18). The second-order valence-electron chi connectivity index (χ2n) is 4.63. The van der Waals surface area contributed by atoms with Crippen LogP contribution in [0.2, 0.25) is 0 Å². The number of rotatable bonds is 5. The monoisotopic (exact) mass is 315 g/mol. The van der Waals surface area contributed by atoms with Gasteiger partial charge in [-0.15, -0.1) is 0 Å². The highest BCUT2D eigenvalue weighted by atomic mass is 32.2. The van der Waals surface area contributed by atoms with E-state index in [4.69, 9.17) is 14.4 Å². The number of aromatic nitrogens is 2. The predicted octanol–water partition coefficient (Wildman–Crippen LogP) is 1.56. The summed E-state index contributed by atoms with van der Waals surface area (Å²) in [7, 11) is -3.95. The lowest BCUT2D eigenvalue weighted by Crippen LogP contribution is -2.12. The summed E-state index contributed by atoms with van der Waals surface area (Å²) < 4.78 is 46.0. The third kappa shape index (κ3) is 3.76. The molecule has 0 fully saturated rings. The van der Waals surface area contributed by atoms with E-state index in [0.29, 0.717) is 5.89 Å². The maximum absolute atomic E-state index is 13.7. The maximum Gasteiger partial charge on any atom is 0.238 e. The number of ether oxygens (including phenoxy) is 1. The van der Waals surface area contributed by atoms with E-state index in [1.807, 2.05) is 13.8 Å². The van der Waals surface area contributed by atoms with Gasteiger partial charge in [-0.05, 0) is 18.2 Å². The van der Waals surface area contributed by atoms with Crippen molar-refractivity contribution in [2.45, 2.75) is 31.3 Å². The van der Waals surface area contributed by atoms with Crippen LogP contribution in [-0.2, 0) is 16.6 Å². The van der Waals surface area contributed by atoms with Crippen molar-refractivity contribution in [3.63, 3.8) is 0 Å². The zero-order chi connectivity index (χ0) is 15.6. The van der Waals surface area contributed by atoms with Gasteiger partial charge in [0, 0.05) is 5.92 Å². The molecule has 0 unspecified atom stereocenters. The number of benzene rings is 1. The summed E-state index contributed by atoms with van der Waals surface area (Å²) in [6, 6.07) is 3.13. The molecule has 114 valence electrons. The van der Waals surface area contributed by atoms with Gasteiger partial charge >= 0.3 is 0 Å². The Kier molecular flexibility index (Phi) is 4.24. The van der Waals surface area contributed by atoms with Gasteiger partial charge in [0.2, 0.25) is 21.7 Å². The van der Waals surface area contributed by atoms with Gasteiger partial charge in [0.05, 0.1) is 4.90 Å². The van der Waals surface area contributed by atoms with Crippen LogP contribution in [0.25, 0.3) is 0 Å². The molecule has 0 amide bonds. The van der Waals surface area contributed by atoms with Gasteiger partial charge < -0.3 is 9.26 Å². The van der Waals surface area contributed by atoms with Gasteiger partial charge in [0.15, 0.2) is 18.2 Å². The van der Waals surface area contributed by atoms with E-state index in [1.165, 1.54) is 6.07 Å². The molecule has 0 saturated carbocycles. The molecule has 0 atom stereocenters. The molecule has 0 aliphatic carbocycles. The Morgan fingerprint density at radius 2 is 2.14 bits per heavy atom. The van der Waals surface area contributed by atoms with E-state index in [2.05, 4.69) is 10.1 Å². The van der Waals surface area contributed by atoms with E-state index >= 15 is 0 Å². The SMILES string of the molecule is CC(C)c1nc(COc2ccc(S(N)(=O)=O)cc2F)no1. The van der Waals surface area contributed by atoms with Crippen LogP contribution in [0.4, 0.5) is 4.39 Å². The Bertz CT molecular complexity index is 743. The fourth-order valence-corrected chi connectivity index (χ4v) is 2.00. The average molecular weight is 315 g/mol. The van der Waals surface area contributed by atoms with E-state index in [-0.39, 0.29) is 29.0 Å². The van der Waals surface area contributed by atoms with E-state index in [9.17, 15) is 12.8 Å². The highest BCUT2D eigenvalue weighted by Gasteiger charge is 2.14. The lowest BCUT2D eigenvalue weighted by Gasteiger charge is -2.06. The summed E-state index contributed by atoms with van der Waals surface area (Å²) in [4.78, 5) is 3.75. The zero-order valence-electron chi connectivity index (χ0n) is 11.4. The number of sulfonamides is 1. The minimum absolute atomic E-state index is 0.0806. The molecule has 9 heteroatoms. The normalized spacial score (nSPS) is 11.9. The molecule has 1 aromatic carbocycles. The molecular weight excluding hydrogens is 301 g/mol. The van der Waals surface area contributed by atoms with Crippen molar-refractivity contribution < 1.29 is 22.1 Å². The maximum atomic E-state index is 13.7. The molecule has 0 radical (unpaired) electrons. The van der Waals surface area contributed by atoms with Crippen LogP contribution < -0.4 is 9.88 Å². The number of primary sulfonamides is 1. The number of hydrogen-bond acceptors (Lipinski definition) is 6. The van der Waals surface area contributed by atoms with E-state index in [1.54, 1.807) is 0 Å². The van der Waals surface area contributed by atoms with Gasteiger partial charge in [0.1, 0.15) is 0 Å². The molecule has 0 spiro atoms. The van der Waals surface area contributed by atoms with Crippen LogP contribution in [0, 0.1) is 5.82 Å². The fourth-order valence-electron chi connectivity index (χ4n) is 1.48. The number of hydrogen-bond donors (Lipinski definition) is 1. The molecule has 0 saturated heterocycles. The topological polar surface area (TPSA) is 108 Å². The average Bonchev–Trinajstić information content (AvgIpc) is 2.85. The highest BCUT2D eigenvalue weighted by Crippen LogP contribution is 2.21. The summed E-state index contributed by atoms with van der Waals surface area (Å²) in [5.74, 6) is -0.156. The molecule has 1 heterocycles. The van der Waals surface area contributed by atoms with E-state index in [0.717, 1.165) is 12.1 Å². The first-order chi connectivity index (χ1) is 9.77. The summed E-state index contributed by atoms with van der Waals surface area (Å²) >= 11 is 0. The molecule has 2 aromatic rings. The second-order valence-corrected chi connectivity index (χ2v) is 6.19. The first-order valence-corrected chi connectivity index (χ1v) is 7.59. The molecular formula is C12H14FN3O4S. The summed E-state index contributed by atoms with van der Waals surface area (Å²) in [6.45, 7) is 3.69. The predicted molar refractivity (Wildman–Crippen MR) is 70.5 cm³/mol. The molecule has 0 bridgehead atoms. The smallest absolute Gasteiger partial charge is 0.238 e. The van der Waals surface area contributed by atoms with Crippen molar-refractivity contribution in [3.8, 4) is 5.75 Å². The third-order valence-electron chi connectivity index (χ3n) is 2.57. The van der Waals surface area contributed by atoms with Crippen LogP contribution in [0.3, 0.4) is 0 Å². The fraction of sp³-hybridized carbons (Fsp3) is 0.333. The summed E-state index contributed by atoms with van der Waals surface area (Å²) in [5, 5.41) is 8.59. The Morgan fingerprint density at radius 3 is 2.67 bits per heavy atom. The number of halogens is 1. The van der Waals surface area contributed by atoms with Gasteiger partial charge in [-0.3, -0.25) is 0 Å². The van der Waals surface area contributed by atoms with Gasteiger partial charge in [0.25, 0.3) is 0 Å². The first kappa shape index (κ1) is 15.4. The molecule has 2 rings (SSSR count). The molecule has 7 nitrogen and oxygen atoms in total. The van der Waals surface area contributed by atoms with Crippen LogP contribution in [0.1, 0.15) is 31.5 Å². The zero-order valence-corrected chi connectivity index (χ0v) is 12.2. The van der Waals surface area contributed by atoms with E-state index < -0.39 is 15.8 Å². The molecule has 2 N–H and O–H groups in total. The summed E-state index contributed by atoms with van der Waals surface area (Å²) in [5.41, 5.74) is 0. The second kappa shape index (κ2) is 5.78. The Hall–Kier alpha value is -2.00. The Morgan fingerprint density at radius 1 is 1.43 bits per heavy atom. The third-order valence-corrected chi connectivity index (χ3v) is 3.48. The molecule has 1 aromatic heterocycles. The van der Waals surface area contributed by atoms with Crippen LogP contribution in [0.15, 0.2) is 27.6 Å². The van der Waals surface area contributed by atoms with Crippen molar-refractivity contribution >= 4 is 10.0 Å². The largest absolute Gasteiger partial charge is 0.482 e. The Balaban J connectivity index is 2.09. The van der Waals surface area contributed by atoms with Gasteiger partial charge in [-0.2, -0.15) is 4.98 Å². The number of nitrogens with zero attached hydrogens (tertiary/aromatic N) is 2. The van der Waals surface area contributed by atoms with Gasteiger partial charge in [-0.1, -0.05) is 19.0 Å². The van der Waals surface area contributed by atoms with Crippen LogP contribution >= 0.6 is 0 Å². The van der Waals surface area contributed by atoms with Crippen molar-refractivity contribution in [1.29, 1.82) is 0 Å². The minimum Gasteiger partial charge on any atom is -0.482 e. The first-order valence-electron chi connectivity index (χ1n) is 6.05. The Labute approximate surface area is 121 Å². The van der Waals surface area contributed by atoms with Crippen molar-refractivity contribution in [2.24, 2.45) is 5.14 Å². The molecule has 21 heavy (non-hydrogen) atoms. The highest BCUT2D eigenvalue weighted by molar-refractivity contribution is 7.89. The van der Waals surface area contributed by atoms with Crippen molar-refractivity contribution in [1.82, 2.24) is 10.1 Å². The van der Waals surface area contributed by atoms with Crippen LogP contribution in [-0.4, -0.2) is 18.6 Å². The lowest BCUT2D eigenvalue weighted by molar-refractivity contribution is 0.271. The van der Waals surface area contributed by atoms with Crippen molar-refractivity contribution in [3.05, 3.63) is 35.7 Å². The van der Waals surface area contributed by atoms with Gasteiger partial charge in [-0.25, -0.2) is 17.9 Å².